The lowest BCUT2D eigenvalue weighted by atomic mass is 10.1. The number of hydrogen-bond donors (Lipinski definition) is 1. The zero-order chi connectivity index (χ0) is 15.6. The molecule has 1 amide bonds. The van der Waals surface area contributed by atoms with Gasteiger partial charge in [-0.15, -0.1) is 0 Å². The fraction of sp³-hybridized carbons (Fsp3) is 0.133. The zero-order valence-corrected chi connectivity index (χ0v) is 13.1. The smallest absolute Gasteiger partial charge is 0.257 e. The Balaban J connectivity index is 2.43. The van der Waals surface area contributed by atoms with Gasteiger partial charge in [0.2, 0.25) is 0 Å². The van der Waals surface area contributed by atoms with Crippen molar-refractivity contribution >= 4 is 34.8 Å². The van der Waals surface area contributed by atoms with E-state index in [0.29, 0.717) is 32.8 Å². The van der Waals surface area contributed by atoms with Crippen molar-refractivity contribution in [3.05, 3.63) is 52.0 Å². The molecule has 2 rings (SSSR count). The Hall–Kier alpha value is -1.91. The summed E-state index contributed by atoms with van der Waals surface area (Å²) in [6, 6.07) is 9.71. The summed E-state index contributed by atoms with van der Waals surface area (Å²) in [5.74, 6) is 0.562. The Morgan fingerprint density at radius 2 is 1.81 bits per heavy atom. The predicted octanol–water partition coefficient (Wildman–Crippen LogP) is 4.07. The molecule has 0 atom stereocenters. The first-order valence-electron chi connectivity index (χ1n) is 6.12. The molecule has 0 fully saturated rings. The minimum absolute atomic E-state index is 0.185. The largest absolute Gasteiger partial charge is 0.455 e. The zero-order valence-electron chi connectivity index (χ0n) is 11.6. The number of carbonyl (C=O) groups excluding carboxylic acids is 1. The third kappa shape index (κ3) is 3.60. The SMILES string of the molecule is CN(C)C(=O)c1ccc(N)cc1Oc1ccc(Cl)cc1Cl. The van der Waals surface area contributed by atoms with Gasteiger partial charge in [-0.05, 0) is 30.3 Å². The van der Waals surface area contributed by atoms with Gasteiger partial charge in [0.25, 0.3) is 5.91 Å². The average molecular weight is 325 g/mol. The number of amides is 1. The van der Waals surface area contributed by atoms with Gasteiger partial charge >= 0.3 is 0 Å². The molecule has 2 N–H and O–H groups in total. The maximum absolute atomic E-state index is 12.2. The molecule has 0 heterocycles. The third-order valence-corrected chi connectivity index (χ3v) is 3.29. The van der Waals surface area contributed by atoms with Gasteiger partial charge < -0.3 is 15.4 Å². The Kier molecular flexibility index (Phi) is 4.60. The van der Waals surface area contributed by atoms with Gasteiger partial charge in [-0.2, -0.15) is 0 Å². The summed E-state index contributed by atoms with van der Waals surface area (Å²) in [6.07, 6.45) is 0. The van der Waals surface area contributed by atoms with Crippen molar-refractivity contribution < 1.29 is 9.53 Å². The van der Waals surface area contributed by atoms with Crippen LogP contribution in [0.25, 0.3) is 0 Å². The first-order chi connectivity index (χ1) is 9.88. The molecule has 0 aliphatic heterocycles. The van der Waals surface area contributed by atoms with E-state index < -0.39 is 0 Å². The van der Waals surface area contributed by atoms with E-state index in [1.165, 1.54) is 4.90 Å². The lowest BCUT2D eigenvalue weighted by molar-refractivity contribution is 0.0825. The number of hydrogen-bond acceptors (Lipinski definition) is 3. The summed E-state index contributed by atoms with van der Waals surface area (Å²) in [6.45, 7) is 0. The molecular formula is C15H14Cl2N2O2. The van der Waals surface area contributed by atoms with E-state index in [-0.39, 0.29) is 5.91 Å². The van der Waals surface area contributed by atoms with Crippen molar-refractivity contribution in [3.63, 3.8) is 0 Å². The van der Waals surface area contributed by atoms with Crippen LogP contribution in [-0.4, -0.2) is 24.9 Å². The number of anilines is 1. The quantitative estimate of drug-likeness (QED) is 0.866. The second kappa shape index (κ2) is 6.24. The van der Waals surface area contributed by atoms with E-state index in [9.17, 15) is 4.79 Å². The number of carbonyl (C=O) groups is 1. The van der Waals surface area contributed by atoms with Gasteiger partial charge in [0, 0.05) is 30.9 Å². The minimum atomic E-state index is -0.185. The van der Waals surface area contributed by atoms with Crippen molar-refractivity contribution in [1.82, 2.24) is 4.90 Å². The van der Waals surface area contributed by atoms with Crippen LogP contribution in [0.15, 0.2) is 36.4 Å². The second-order valence-electron chi connectivity index (χ2n) is 4.63. The number of benzene rings is 2. The molecule has 0 aromatic heterocycles. The third-order valence-electron chi connectivity index (χ3n) is 2.76. The highest BCUT2D eigenvalue weighted by Crippen LogP contribution is 2.34. The Morgan fingerprint density at radius 1 is 1.10 bits per heavy atom. The van der Waals surface area contributed by atoms with Crippen molar-refractivity contribution in [1.29, 1.82) is 0 Å². The van der Waals surface area contributed by atoms with Crippen LogP contribution in [0, 0.1) is 0 Å². The molecule has 4 nitrogen and oxygen atoms in total. The number of nitrogens with zero attached hydrogens (tertiary/aromatic N) is 1. The molecule has 0 spiro atoms. The van der Waals surface area contributed by atoms with Crippen LogP contribution >= 0.6 is 23.2 Å². The average Bonchev–Trinajstić information content (AvgIpc) is 2.41. The maximum Gasteiger partial charge on any atom is 0.257 e. The monoisotopic (exact) mass is 324 g/mol. The number of nitrogen functional groups attached to an aromatic ring is 1. The maximum atomic E-state index is 12.2. The van der Waals surface area contributed by atoms with Gasteiger partial charge in [-0.1, -0.05) is 23.2 Å². The lowest BCUT2D eigenvalue weighted by Crippen LogP contribution is -2.22. The van der Waals surface area contributed by atoms with Crippen LogP contribution < -0.4 is 10.5 Å². The van der Waals surface area contributed by atoms with Gasteiger partial charge in [0.15, 0.2) is 0 Å². The lowest BCUT2D eigenvalue weighted by Gasteiger charge is -2.15. The molecule has 0 aliphatic rings. The molecule has 0 saturated carbocycles. The predicted molar refractivity (Wildman–Crippen MR) is 85.4 cm³/mol. The fourth-order valence-electron chi connectivity index (χ4n) is 1.72. The van der Waals surface area contributed by atoms with E-state index in [4.69, 9.17) is 33.7 Å². The van der Waals surface area contributed by atoms with Crippen LogP contribution in [-0.2, 0) is 0 Å². The summed E-state index contributed by atoms with van der Waals surface area (Å²) in [4.78, 5) is 13.6. The Labute approximate surface area is 133 Å². The number of rotatable bonds is 3. The highest BCUT2D eigenvalue weighted by molar-refractivity contribution is 6.35. The summed E-state index contributed by atoms with van der Waals surface area (Å²) in [5.41, 5.74) is 6.65. The van der Waals surface area contributed by atoms with Gasteiger partial charge in [0.1, 0.15) is 11.5 Å². The molecule has 0 aliphatic carbocycles. The van der Waals surface area contributed by atoms with Crippen LogP contribution in [0.1, 0.15) is 10.4 Å². The van der Waals surface area contributed by atoms with E-state index in [1.807, 2.05) is 0 Å². The fourth-order valence-corrected chi connectivity index (χ4v) is 2.16. The van der Waals surface area contributed by atoms with E-state index in [1.54, 1.807) is 50.5 Å². The summed E-state index contributed by atoms with van der Waals surface area (Å²) in [7, 11) is 3.33. The molecular weight excluding hydrogens is 311 g/mol. The van der Waals surface area contributed by atoms with E-state index in [0.717, 1.165) is 0 Å². The van der Waals surface area contributed by atoms with Gasteiger partial charge in [-0.3, -0.25) is 4.79 Å². The highest BCUT2D eigenvalue weighted by Gasteiger charge is 2.16. The van der Waals surface area contributed by atoms with E-state index in [2.05, 4.69) is 0 Å². The standard InChI is InChI=1S/C15H14Cl2N2O2/c1-19(2)15(20)11-5-4-10(18)8-14(11)21-13-6-3-9(16)7-12(13)17/h3-8H,18H2,1-2H3. The van der Waals surface area contributed by atoms with Gasteiger partial charge in [-0.25, -0.2) is 0 Å². The van der Waals surface area contributed by atoms with Crippen LogP contribution in [0.4, 0.5) is 5.69 Å². The minimum Gasteiger partial charge on any atom is -0.455 e. The molecule has 21 heavy (non-hydrogen) atoms. The normalized spacial score (nSPS) is 10.3. The summed E-state index contributed by atoms with van der Waals surface area (Å²) in [5, 5.41) is 0.859. The molecule has 110 valence electrons. The van der Waals surface area contributed by atoms with Crippen LogP contribution in [0.5, 0.6) is 11.5 Å². The van der Waals surface area contributed by atoms with Crippen molar-refractivity contribution in [2.75, 3.05) is 19.8 Å². The van der Waals surface area contributed by atoms with Crippen LogP contribution in [0.3, 0.4) is 0 Å². The molecule has 0 saturated heterocycles. The van der Waals surface area contributed by atoms with Crippen molar-refractivity contribution in [3.8, 4) is 11.5 Å². The first-order valence-corrected chi connectivity index (χ1v) is 6.88. The van der Waals surface area contributed by atoms with E-state index >= 15 is 0 Å². The van der Waals surface area contributed by atoms with Crippen molar-refractivity contribution in [2.24, 2.45) is 0 Å². The molecule has 0 unspecified atom stereocenters. The Bertz CT molecular complexity index is 687. The highest BCUT2D eigenvalue weighted by atomic mass is 35.5. The molecule has 0 bridgehead atoms. The second-order valence-corrected chi connectivity index (χ2v) is 5.48. The topological polar surface area (TPSA) is 55.6 Å². The van der Waals surface area contributed by atoms with Gasteiger partial charge in [0.05, 0.1) is 10.6 Å². The molecule has 0 radical (unpaired) electrons. The number of ether oxygens (including phenoxy) is 1. The molecule has 6 heteroatoms. The van der Waals surface area contributed by atoms with Crippen LogP contribution in [0.2, 0.25) is 10.0 Å². The summed E-state index contributed by atoms with van der Waals surface area (Å²) < 4.78 is 5.73. The molecule has 2 aromatic carbocycles. The number of halogens is 2. The Morgan fingerprint density at radius 3 is 2.43 bits per heavy atom. The first kappa shape index (κ1) is 15.5. The van der Waals surface area contributed by atoms with Crippen molar-refractivity contribution in [2.45, 2.75) is 0 Å². The number of nitrogens with two attached hydrogens (primary N) is 1. The summed E-state index contributed by atoms with van der Waals surface area (Å²) >= 11 is 11.9. The molecule has 2 aromatic rings.